The first-order valence-corrected chi connectivity index (χ1v) is 6.25. The zero-order valence-electron chi connectivity index (χ0n) is 10.8. The highest BCUT2D eigenvalue weighted by Crippen LogP contribution is 2.11. The van der Waals surface area contributed by atoms with E-state index in [0.29, 0.717) is 6.04 Å². The smallest absolute Gasteiger partial charge is 0.0630 e. The van der Waals surface area contributed by atoms with Crippen molar-refractivity contribution in [2.45, 2.75) is 12.6 Å². The Labute approximate surface area is 104 Å². The van der Waals surface area contributed by atoms with Crippen LogP contribution >= 0.6 is 0 Å². The van der Waals surface area contributed by atoms with E-state index >= 15 is 0 Å². The number of methoxy groups -OCH3 is 1. The highest BCUT2D eigenvalue weighted by atomic mass is 16.5. The molecule has 0 aromatic heterocycles. The lowest BCUT2D eigenvalue weighted by molar-refractivity contribution is 0.0374. The Balaban J connectivity index is 1.90. The normalized spacial score (nSPS) is 22.8. The van der Waals surface area contributed by atoms with Gasteiger partial charge in [-0.15, -0.1) is 0 Å². The lowest BCUT2D eigenvalue weighted by Crippen LogP contribution is -2.52. The predicted octanol–water partition coefficient (Wildman–Crippen LogP) is 1.45. The van der Waals surface area contributed by atoms with E-state index in [1.54, 1.807) is 7.11 Å². The van der Waals surface area contributed by atoms with Crippen LogP contribution in [0, 0.1) is 0 Å². The molecule has 0 saturated carbocycles. The second kappa shape index (κ2) is 6.15. The Morgan fingerprint density at radius 3 is 2.71 bits per heavy atom. The van der Waals surface area contributed by atoms with Crippen LogP contribution in [0.3, 0.4) is 0 Å². The second-order valence-electron chi connectivity index (χ2n) is 4.81. The molecule has 1 aliphatic heterocycles. The highest BCUT2D eigenvalue weighted by molar-refractivity contribution is 5.14. The van der Waals surface area contributed by atoms with Gasteiger partial charge in [0.25, 0.3) is 0 Å². The third kappa shape index (κ3) is 3.53. The van der Waals surface area contributed by atoms with E-state index in [2.05, 4.69) is 47.2 Å². The Bertz CT molecular complexity index is 328. The van der Waals surface area contributed by atoms with E-state index in [4.69, 9.17) is 4.74 Å². The van der Waals surface area contributed by atoms with Crippen LogP contribution < -0.4 is 0 Å². The van der Waals surface area contributed by atoms with Gasteiger partial charge in [0.05, 0.1) is 6.61 Å². The first-order chi connectivity index (χ1) is 8.29. The maximum atomic E-state index is 5.28. The average Bonchev–Trinajstić information content (AvgIpc) is 2.35. The van der Waals surface area contributed by atoms with E-state index < -0.39 is 0 Å². The summed E-state index contributed by atoms with van der Waals surface area (Å²) in [6.45, 7) is 5.24. The van der Waals surface area contributed by atoms with Crippen molar-refractivity contribution in [1.82, 2.24) is 9.80 Å². The van der Waals surface area contributed by atoms with Gasteiger partial charge in [-0.05, 0) is 12.6 Å². The van der Waals surface area contributed by atoms with Crippen molar-refractivity contribution in [1.29, 1.82) is 0 Å². The topological polar surface area (TPSA) is 15.7 Å². The van der Waals surface area contributed by atoms with Gasteiger partial charge in [-0.2, -0.15) is 0 Å². The molecule has 1 unspecified atom stereocenters. The number of hydrogen-bond donors (Lipinski definition) is 0. The Morgan fingerprint density at radius 1 is 1.24 bits per heavy atom. The Hall–Kier alpha value is -0.900. The molecule has 1 saturated heterocycles. The number of benzene rings is 1. The fraction of sp³-hybridized carbons (Fsp3) is 0.571. The number of hydrogen-bond acceptors (Lipinski definition) is 3. The fourth-order valence-electron chi connectivity index (χ4n) is 2.37. The summed E-state index contributed by atoms with van der Waals surface area (Å²) in [5.41, 5.74) is 1.40. The van der Waals surface area contributed by atoms with Crippen molar-refractivity contribution in [2.75, 3.05) is 40.4 Å². The van der Waals surface area contributed by atoms with Crippen LogP contribution in [0.4, 0.5) is 0 Å². The molecule has 1 heterocycles. The van der Waals surface area contributed by atoms with Gasteiger partial charge < -0.3 is 4.74 Å². The molecule has 0 N–H and O–H groups in total. The van der Waals surface area contributed by atoms with Crippen LogP contribution in [0.2, 0.25) is 0 Å². The van der Waals surface area contributed by atoms with Crippen LogP contribution in [0.1, 0.15) is 5.56 Å². The lowest BCUT2D eigenvalue weighted by Gasteiger charge is -2.39. The van der Waals surface area contributed by atoms with E-state index in [9.17, 15) is 0 Å². The summed E-state index contributed by atoms with van der Waals surface area (Å²) < 4.78 is 5.28. The molecule has 0 bridgehead atoms. The van der Waals surface area contributed by atoms with Crippen LogP contribution in [0.5, 0.6) is 0 Å². The molecular formula is C14H22N2O. The van der Waals surface area contributed by atoms with Crippen molar-refractivity contribution in [3.05, 3.63) is 35.9 Å². The minimum atomic E-state index is 0.525. The van der Waals surface area contributed by atoms with Gasteiger partial charge >= 0.3 is 0 Å². The number of likely N-dealkylation sites (N-methyl/N-ethyl adjacent to an activating group) is 1. The maximum Gasteiger partial charge on any atom is 0.0630 e. The van der Waals surface area contributed by atoms with Gasteiger partial charge in [0.2, 0.25) is 0 Å². The summed E-state index contributed by atoms with van der Waals surface area (Å²) in [5, 5.41) is 0. The van der Waals surface area contributed by atoms with E-state index in [1.807, 2.05) is 0 Å². The minimum Gasteiger partial charge on any atom is -0.383 e. The van der Waals surface area contributed by atoms with Crippen molar-refractivity contribution >= 4 is 0 Å². The number of nitrogens with zero attached hydrogens (tertiary/aromatic N) is 2. The Kier molecular flexibility index (Phi) is 4.54. The summed E-state index contributed by atoms with van der Waals surface area (Å²) in [6, 6.07) is 11.2. The molecule has 2 rings (SSSR count). The summed E-state index contributed by atoms with van der Waals surface area (Å²) in [5.74, 6) is 0. The lowest BCUT2D eigenvalue weighted by atomic mass is 10.1. The first-order valence-electron chi connectivity index (χ1n) is 6.25. The third-order valence-electron chi connectivity index (χ3n) is 3.47. The molecule has 0 amide bonds. The van der Waals surface area contributed by atoms with Crippen LogP contribution in [0.15, 0.2) is 30.3 Å². The molecule has 0 radical (unpaired) electrons. The van der Waals surface area contributed by atoms with Gasteiger partial charge in [0.15, 0.2) is 0 Å². The number of piperazine rings is 1. The van der Waals surface area contributed by atoms with Crippen LogP contribution in [-0.2, 0) is 11.3 Å². The summed E-state index contributed by atoms with van der Waals surface area (Å²) in [6.07, 6.45) is 0. The molecule has 3 nitrogen and oxygen atoms in total. The number of rotatable bonds is 4. The molecule has 1 fully saturated rings. The quantitative estimate of drug-likeness (QED) is 0.784. The summed E-state index contributed by atoms with van der Waals surface area (Å²) in [4.78, 5) is 4.91. The van der Waals surface area contributed by atoms with Crippen molar-refractivity contribution in [3.63, 3.8) is 0 Å². The largest absolute Gasteiger partial charge is 0.383 e. The molecule has 1 aromatic rings. The SMILES string of the molecule is COCC1CN(Cc2ccccc2)CCN1C. The monoisotopic (exact) mass is 234 g/mol. The predicted molar refractivity (Wildman–Crippen MR) is 70.0 cm³/mol. The molecule has 17 heavy (non-hydrogen) atoms. The third-order valence-corrected chi connectivity index (χ3v) is 3.47. The molecule has 1 aliphatic rings. The fourth-order valence-corrected chi connectivity index (χ4v) is 2.37. The minimum absolute atomic E-state index is 0.525. The molecule has 1 aromatic carbocycles. The summed E-state index contributed by atoms with van der Waals surface area (Å²) in [7, 11) is 3.97. The first kappa shape index (κ1) is 12.6. The average molecular weight is 234 g/mol. The van der Waals surface area contributed by atoms with Crippen LogP contribution in [0.25, 0.3) is 0 Å². The summed E-state index contributed by atoms with van der Waals surface area (Å²) >= 11 is 0. The zero-order chi connectivity index (χ0) is 12.1. The van der Waals surface area contributed by atoms with Gasteiger partial charge in [-0.3, -0.25) is 9.80 Å². The van der Waals surface area contributed by atoms with Crippen LogP contribution in [-0.4, -0.2) is 56.2 Å². The van der Waals surface area contributed by atoms with Crippen molar-refractivity contribution < 1.29 is 4.74 Å². The molecular weight excluding hydrogens is 212 g/mol. The van der Waals surface area contributed by atoms with Gasteiger partial charge in [0.1, 0.15) is 0 Å². The van der Waals surface area contributed by atoms with Gasteiger partial charge in [-0.1, -0.05) is 30.3 Å². The molecule has 3 heteroatoms. The van der Waals surface area contributed by atoms with Gasteiger partial charge in [0, 0.05) is 39.3 Å². The standard InChI is InChI=1S/C14H22N2O/c1-15-8-9-16(11-14(15)12-17-2)10-13-6-4-3-5-7-13/h3-7,14H,8-12H2,1-2H3. The molecule has 94 valence electrons. The molecule has 0 spiro atoms. The van der Waals surface area contributed by atoms with Crippen molar-refractivity contribution in [2.24, 2.45) is 0 Å². The number of ether oxygens (including phenoxy) is 1. The zero-order valence-corrected chi connectivity index (χ0v) is 10.8. The Morgan fingerprint density at radius 2 is 2.00 bits per heavy atom. The second-order valence-corrected chi connectivity index (χ2v) is 4.81. The van der Waals surface area contributed by atoms with E-state index in [0.717, 1.165) is 32.8 Å². The van der Waals surface area contributed by atoms with E-state index in [1.165, 1.54) is 5.56 Å². The molecule has 0 aliphatic carbocycles. The maximum absolute atomic E-state index is 5.28. The van der Waals surface area contributed by atoms with Gasteiger partial charge in [-0.25, -0.2) is 0 Å². The highest BCUT2D eigenvalue weighted by Gasteiger charge is 2.23. The van der Waals surface area contributed by atoms with Crippen molar-refractivity contribution in [3.8, 4) is 0 Å². The van der Waals surface area contributed by atoms with E-state index in [-0.39, 0.29) is 0 Å². The molecule has 1 atom stereocenters.